The molecule has 6 heteroatoms. The van der Waals surface area contributed by atoms with E-state index in [1.807, 2.05) is 0 Å². The topological polar surface area (TPSA) is 80.5 Å². The minimum atomic E-state index is -0.506. The number of nitrogens with zero attached hydrogens (tertiary/aromatic N) is 1. The molecule has 5 nitrogen and oxygen atoms in total. The van der Waals surface area contributed by atoms with Crippen LogP contribution in [0.15, 0.2) is 0 Å². The second kappa shape index (κ2) is 5.65. The van der Waals surface area contributed by atoms with Crippen LogP contribution >= 0.6 is 11.3 Å². The summed E-state index contributed by atoms with van der Waals surface area (Å²) >= 11 is 1.46. The fourth-order valence-electron chi connectivity index (χ4n) is 6.01. The molecule has 3 amide bonds. The third-order valence-corrected chi connectivity index (χ3v) is 8.54. The van der Waals surface area contributed by atoms with Crippen LogP contribution in [-0.4, -0.2) is 17.7 Å². The summed E-state index contributed by atoms with van der Waals surface area (Å²) in [5, 5.41) is 0.517. The zero-order chi connectivity index (χ0) is 18.2. The maximum Gasteiger partial charge on any atom is 0.252 e. The molecule has 0 radical (unpaired) electrons. The Balaban J connectivity index is 1.58. The summed E-state index contributed by atoms with van der Waals surface area (Å²) in [6, 6.07) is 0. The minimum absolute atomic E-state index is 0.0830. The van der Waals surface area contributed by atoms with Gasteiger partial charge in [0.05, 0.1) is 17.4 Å². The average molecular weight is 372 g/mol. The van der Waals surface area contributed by atoms with Crippen molar-refractivity contribution in [2.75, 3.05) is 4.90 Å². The van der Waals surface area contributed by atoms with Gasteiger partial charge in [-0.05, 0) is 61.8 Å². The quantitative estimate of drug-likeness (QED) is 0.829. The minimum Gasteiger partial charge on any atom is -0.365 e. The summed E-state index contributed by atoms with van der Waals surface area (Å²) in [6.07, 6.45) is 7.01. The molecular formula is C20H24N2O3S. The first kappa shape index (κ1) is 16.5. The lowest BCUT2D eigenvalue weighted by atomic mass is 9.81. The van der Waals surface area contributed by atoms with E-state index in [2.05, 4.69) is 6.92 Å². The van der Waals surface area contributed by atoms with Crippen molar-refractivity contribution < 1.29 is 14.4 Å². The van der Waals surface area contributed by atoms with Crippen molar-refractivity contribution in [2.45, 2.75) is 51.9 Å². The van der Waals surface area contributed by atoms with E-state index in [-0.39, 0.29) is 23.7 Å². The van der Waals surface area contributed by atoms with Gasteiger partial charge in [0.15, 0.2) is 0 Å². The lowest BCUT2D eigenvalue weighted by Gasteiger charge is -2.20. The Morgan fingerprint density at radius 3 is 2.38 bits per heavy atom. The van der Waals surface area contributed by atoms with Crippen LogP contribution in [0.3, 0.4) is 0 Å². The van der Waals surface area contributed by atoms with E-state index in [4.69, 9.17) is 5.73 Å². The molecule has 0 unspecified atom stereocenters. The molecule has 2 saturated carbocycles. The van der Waals surface area contributed by atoms with Gasteiger partial charge in [-0.15, -0.1) is 11.3 Å². The number of primary amides is 1. The van der Waals surface area contributed by atoms with E-state index >= 15 is 0 Å². The number of nitrogens with two attached hydrogens (primary N) is 1. The van der Waals surface area contributed by atoms with E-state index in [0.29, 0.717) is 28.3 Å². The summed E-state index contributed by atoms with van der Waals surface area (Å²) in [5.74, 6) is 0.308. The highest BCUT2D eigenvalue weighted by Gasteiger charge is 2.61. The van der Waals surface area contributed by atoms with Crippen LogP contribution in [-0.2, 0) is 22.4 Å². The first-order valence-corrected chi connectivity index (χ1v) is 10.6. The predicted octanol–water partition coefficient (Wildman–Crippen LogP) is 2.90. The van der Waals surface area contributed by atoms with Crippen molar-refractivity contribution in [1.29, 1.82) is 0 Å². The highest BCUT2D eigenvalue weighted by atomic mass is 32.1. The fraction of sp³-hybridized carbons (Fsp3) is 0.650. The number of rotatable bonds is 3. The van der Waals surface area contributed by atoms with E-state index in [1.54, 1.807) is 0 Å². The zero-order valence-electron chi connectivity index (χ0n) is 15.0. The molecule has 1 saturated heterocycles. The molecular weight excluding hydrogens is 348 g/mol. The van der Waals surface area contributed by atoms with Crippen LogP contribution in [0.1, 0.15) is 59.8 Å². The molecule has 0 spiro atoms. The molecule has 0 aromatic carbocycles. The smallest absolute Gasteiger partial charge is 0.252 e. The molecule has 2 N–H and O–H groups in total. The van der Waals surface area contributed by atoms with E-state index < -0.39 is 5.91 Å². The van der Waals surface area contributed by atoms with Crippen molar-refractivity contribution in [3.05, 3.63) is 16.0 Å². The van der Waals surface area contributed by atoms with Gasteiger partial charge in [0.25, 0.3) is 5.91 Å². The number of fused-ring (bicyclic) bond motifs is 6. The number of anilines is 1. The molecule has 1 aromatic heterocycles. The Labute approximate surface area is 156 Å². The molecule has 2 heterocycles. The number of amides is 3. The zero-order valence-corrected chi connectivity index (χ0v) is 15.8. The summed E-state index contributed by atoms with van der Waals surface area (Å²) in [5.41, 5.74) is 7.14. The fourth-order valence-corrected chi connectivity index (χ4v) is 7.49. The molecule has 26 heavy (non-hydrogen) atoms. The van der Waals surface area contributed by atoms with Crippen LogP contribution in [0.5, 0.6) is 0 Å². The first-order chi connectivity index (χ1) is 12.5. The van der Waals surface area contributed by atoms with Gasteiger partial charge in [0.2, 0.25) is 11.8 Å². The number of hydrogen-bond acceptors (Lipinski definition) is 4. The average Bonchev–Trinajstić information content (AvgIpc) is 3.35. The van der Waals surface area contributed by atoms with Crippen molar-refractivity contribution in [2.24, 2.45) is 35.3 Å². The van der Waals surface area contributed by atoms with Crippen LogP contribution in [0.4, 0.5) is 5.00 Å². The van der Waals surface area contributed by atoms with Gasteiger partial charge >= 0.3 is 0 Å². The molecule has 5 rings (SSSR count). The van der Waals surface area contributed by atoms with Crippen molar-refractivity contribution in [3.8, 4) is 0 Å². The second-order valence-corrected chi connectivity index (χ2v) is 9.55. The third-order valence-electron chi connectivity index (χ3n) is 7.30. The molecule has 1 aliphatic heterocycles. The van der Waals surface area contributed by atoms with E-state index in [0.717, 1.165) is 55.4 Å². The van der Waals surface area contributed by atoms with Gasteiger partial charge in [-0.3, -0.25) is 14.4 Å². The van der Waals surface area contributed by atoms with E-state index in [9.17, 15) is 14.4 Å². The number of thiophene rings is 1. The first-order valence-electron chi connectivity index (χ1n) is 9.83. The SMILES string of the molecule is CC[C@H]1CCc2c(sc(N3C(=O)[C@H]4[C@@H]5CC[C@H](C5)[C@@H]4C3=O)c2C(N)=O)C1. The Hall–Kier alpha value is -1.69. The van der Waals surface area contributed by atoms with Crippen molar-refractivity contribution in [3.63, 3.8) is 0 Å². The van der Waals surface area contributed by atoms with Gasteiger partial charge in [-0.25, -0.2) is 4.90 Å². The monoisotopic (exact) mass is 372 g/mol. The Morgan fingerprint density at radius 2 is 1.81 bits per heavy atom. The summed E-state index contributed by atoms with van der Waals surface area (Å²) < 4.78 is 0. The lowest BCUT2D eigenvalue weighted by molar-refractivity contribution is -0.123. The molecule has 5 atom stereocenters. The van der Waals surface area contributed by atoms with Crippen molar-refractivity contribution in [1.82, 2.24) is 0 Å². The van der Waals surface area contributed by atoms with Crippen LogP contribution in [0.2, 0.25) is 0 Å². The molecule has 3 fully saturated rings. The number of hydrogen-bond donors (Lipinski definition) is 1. The molecule has 138 valence electrons. The highest BCUT2D eigenvalue weighted by molar-refractivity contribution is 7.17. The number of imide groups is 1. The van der Waals surface area contributed by atoms with Gasteiger partial charge in [0.1, 0.15) is 5.00 Å². The van der Waals surface area contributed by atoms with Crippen LogP contribution in [0, 0.1) is 29.6 Å². The van der Waals surface area contributed by atoms with Crippen molar-refractivity contribution >= 4 is 34.1 Å². The molecule has 3 aliphatic carbocycles. The summed E-state index contributed by atoms with van der Waals surface area (Å²) in [6.45, 7) is 2.18. The number of carbonyl (C=O) groups is 3. The molecule has 2 bridgehead atoms. The Morgan fingerprint density at radius 1 is 1.15 bits per heavy atom. The van der Waals surface area contributed by atoms with Crippen LogP contribution in [0.25, 0.3) is 0 Å². The third kappa shape index (κ3) is 2.05. The highest BCUT2D eigenvalue weighted by Crippen LogP contribution is 2.57. The molecule has 4 aliphatic rings. The predicted molar refractivity (Wildman–Crippen MR) is 98.9 cm³/mol. The maximum atomic E-state index is 13.2. The van der Waals surface area contributed by atoms with E-state index in [1.165, 1.54) is 16.2 Å². The summed E-state index contributed by atoms with van der Waals surface area (Å²) in [4.78, 5) is 41.1. The van der Waals surface area contributed by atoms with Gasteiger partial charge < -0.3 is 5.73 Å². The largest absolute Gasteiger partial charge is 0.365 e. The van der Waals surface area contributed by atoms with Gasteiger partial charge in [0, 0.05) is 4.88 Å². The second-order valence-electron chi connectivity index (χ2n) is 8.46. The summed E-state index contributed by atoms with van der Waals surface area (Å²) in [7, 11) is 0. The van der Waals surface area contributed by atoms with Gasteiger partial charge in [-0.1, -0.05) is 13.3 Å². The standard InChI is InChI=1S/C20H24N2O3S/c1-2-9-3-6-12-13(7-9)26-20(16(12)17(21)23)22-18(24)14-10-4-5-11(8-10)15(14)19(22)25/h9-11,14-15H,2-8H2,1H3,(H2,21,23)/t9-,10+,11+,14-,15-/m0/s1. The lowest BCUT2D eigenvalue weighted by Crippen LogP contribution is -2.33. The maximum absolute atomic E-state index is 13.2. The van der Waals surface area contributed by atoms with Crippen LogP contribution < -0.4 is 10.6 Å². The van der Waals surface area contributed by atoms with Gasteiger partial charge in [-0.2, -0.15) is 0 Å². The Bertz CT molecular complexity index is 801. The normalized spacial score (nSPS) is 35.1. The molecule has 1 aromatic rings. The number of carbonyl (C=O) groups excluding carboxylic acids is 3. The Kier molecular flexibility index (Phi) is 3.58.